The van der Waals surface area contributed by atoms with E-state index in [1.165, 1.54) is 6.92 Å². The number of methoxy groups -OCH3 is 3. The van der Waals surface area contributed by atoms with Crippen molar-refractivity contribution in [2.75, 3.05) is 33.2 Å². The van der Waals surface area contributed by atoms with E-state index in [-0.39, 0.29) is 17.4 Å². The number of fused-ring (bicyclic) bond motifs is 3. The van der Waals surface area contributed by atoms with Gasteiger partial charge in [-0.3, -0.25) is 9.59 Å². The van der Waals surface area contributed by atoms with Gasteiger partial charge in [0.15, 0.2) is 11.5 Å². The van der Waals surface area contributed by atoms with E-state index in [9.17, 15) is 9.59 Å². The quantitative estimate of drug-likeness (QED) is 0.662. The molecule has 0 aromatic heterocycles. The van der Waals surface area contributed by atoms with Crippen LogP contribution in [0.4, 0.5) is 5.69 Å². The summed E-state index contributed by atoms with van der Waals surface area (Å²) in [6.45, 7) is 5.63. The molecule has 31 heavy (non-hydrogen) atoms. The molecule has 1 aliphatic carbocycles. The zero-order valence-corrected chi connectivity index (χ0v) is 18.3. The van der Waals surface area contributed by atoms with Gasteiger partial charge in [0.25, 0.3) is 0 Å². The summed E-state index contributed by atoms with van der Waals surface area (Å²) >= 11 is 0. The molecule has 1 atom stereocenters. The monoisotopic (exact) mass is 424 g/mol. The van der Waals surface area contributed by atoms with Crippen molar-refractivity contribution in [2.45, 2.75) is 25.8 Å². The van der Waals surface area contributed by atoms with E-state index in [0.717, 1.165) is 22.3 Å². The van der Waals surface area contributed by atoms with Crippen LogP contribution < -0.4 is 30.3 Å². The van der Waals surface area contributed by atoms with Gasteiger partial charge in [-0.25, -0.2) is 0 Å². The lowest BCUT2D eigenvalue weighted by Gasteiger charge is -2.19. The lowest BCUT2D eigenvalue weighted by molar-refractivity contribution is -0.119. The summed E-state index contributed by atoms with van der Waals surface area (Å²) < 4.78 is 16.9. The van der Waals surface area contributed by atoms with Crippen LogP contribution in [0, 0.1) is 0 Å². The van der Waals surface area contributed by atoms with Gasteiger partial charge in [0.2, 0.25) is 17.1 Å². The van der Waals surface area contributed by atoms with Crippen molar-refractivity contribution in [3.05, 3.63) is 58.3 Å². The number of aryl methyl sites for hydroxylation is 1. The molecule has 0 saturated carbocycles. The molecule has 2 N–H and O–H groups in total. The van der Waals surface area contributed by atoms with E-state index in [4.69, 9.17) is 14.2 Å². The molecule has 2 aromatic carbocycles. The normalized spacial score (nSPS) is 14.4. The standard InChI is InChI=1S/C24H28N2O5/c1-6-11-25-19-10-8-16-17(13-20(19)28)18(26-14(2)27)9-7-15-12-21(29-3)23(30-4)24(31-5)22(15)16/h6,8,10,12-13,18H,1,7,9,11H2,2-5H3,(H,25,28)(H,26,27). The van der Waals surface area contributed by atoms with Crippen molar-refractivity contribution < 1.29 is 19.0 Å². The number of hydrogen-bond donors (Lipinski definition) is 2. The Morgan fingerprint density at radius 3 is 2.52 bits per heavy atom. The van der Waals surface area contributed by atoms with Crippen LogP contribution in [0.2, 0.25) is 0 Å². The molecule has 0 fully saturated rings. The first kappa shape index (κ1) is 22.2. The van der Waals surface area contributed by atoms with Crippen LogP contribution in [-0.2, 0) is 11.2 Å². The Morgan fingerprint density at radius 1 is 1.16 bits per heavy atom. The van der Waals surface area contributed by atoms with E-state index in [1.54, 1.807) is 39.5 Å². The molecular formula is C24H28N2O5. The third-order valence-corrected chi connectivity index (χ3v) is 5.35. The molecular weight excluding hydrogens is 396 g/mol. The van der Waals surface area contributed by atoms with E-state index >= 15 is 0 Å². The SMILES string of the molecule is C=CCNc1ccc2c(cc1=O)C(NC(C)=O)CCc1cc(OC)c(OC)c(OC)c1-2. The second-order valence-electron chi connectivity index (χ2n) is 7.27. The van der Waals surface area contributed by atoms with Gasteiger partial charge in [-0.2, -0.15) is 0 Å². The summed E-state index contributed by atoms with van der Waals surface area (Å²) in [5, 5.41) is 6.07. The van der Waals surface area contributed by atoms with Gasteiger partial charge in [0, 0.05) is 19.0 Å². The van der Waals surface area contributed by atoms with E-state index in [0.29, 0.717) is 42.3 Å². The van der Waals surface area contributed by atoms with Crippen molar-refractivity contribution in [3.63, 3.8) is 0 Å². The highest BCUT2D eigenvalue weighted by Gasteiger charge is 2.29. The largest absolute Gasteiger partial charge is 0.493 e. The number of hydrogen-bond acceptors (Lipinski definition) is 6. The number of carbonyl (C=O) groups excluding carboxylic acids is 1. The van der Waals surface area contributed by atoms with Crippen LogP contribution >= 0.6 is 0 Å². The van der Waals surface area contributed by atoms with Crippen molar-refractivity contribution >= 4 is 11.6 Å². The van der Waals surface area contributed by atoms with Crippen LogP contribution in [0.15, 0.2) is 41.7 Å². The summed E-state index contributed by atoms with van der Waals surface area (Å²) in [6, 6.07) is 6.83. The van der Waals surface area contributed by atoms with Crippen LogP contribution in [0.1, 0.15) is 30.5 Å². The minimum absolute atomic E-state index is 0.159. The maximum atomic E-state index is 12.9. The molecule has 0 radical (unpaired) electrons. The maximum Gasteiger partial charge on any atom is 0.217 e. The van der Waals surface area contributed by atoms with Crippen molar-refractivity contribution in [1.82, 2.24) is 5.32 Å². The third-order valence-electron chi connectivity index (χ3n) is 5.35. The fourth-order valence-corrected chi connectivity index (χ4v) is 4.04. The summed E-state index contributed by atoms with van der Waals surface area (Å²) in [5.74, 6) is 1.41. The van der Waals surface area contributed by atoms with E-state index in [2.05, 4.69) is 17.2 Å². The van der Waals surface area contributed by atoms with Crippen LogP contribution in [0.25, 0.3) is 11.1 Å². The molecule has 1 amide bonds. The fourth-order valence-electron chi connectivity index (χ4n) is 4.04. The summed E-state index contributed by atoms with van der Waals surface area (Å²) in [7, 11) is 4.71. The van der Waals surface area contributed by atoms with Crippen molar-refractivity contribution in [3.8, 4) is 28.4 Å². The fraction of sp³-hybridized carbons (Fsp3) is 0.333. The van der Waals surface area contributed by atoms with E-state index in [1.807, 2.05) is 12.1 Å². The summed E-state index contributed by atoms with van der Waals surface area (Å²) in [5.41, 5.74) is 3.64. The highest BCUT2D eigenvalue weighted by molar-refractivity contribution is 5.83. The molecule has 0 bridgehead atoms. The highest BCUT2D eigenvalue weighted by atomic mass is 16.5. The molecule has 3 rings (SSSR count). The van der Waals surface area contributed by atoms with Gasteiger partial charge in [0.1, 0.15) is 0 Å². The number of carbonyl (C=O) groups is 1. The zero-order chi connectivity index (χ0) is 22.5. The molecule has 2 aromatic rings. The molecule has 0 spiro atoms. The van der Waals surface area contributed by atoms with Gasteiger partial charge in [-0.15, -0.1) is 6.58 Å². The van der Waals surface area contributed by atoms with Gasteiger partial charge in [-0.1, -0.05) is 12.1 Å². The lowest BCUT2D eigenvalue weighted by atomic mass is 9.95. The first-order valence-corrected chi connectivity index (χ1v) is 10.1. The Bertz CT molecular complexity index is 1060. The molecule has 1 aliphatic rings. The lowest BCUT2D eigenvalue weighted by Crippen LogP contribution is -2.26. The van der Waals surface area contributed by atoms with Crippen molar-refractivity contribution in [2.24, 2.45) is 0 Å². The number of nitrogens with one attached hydrogen (secondary N) is 2. The number of ether oxygens (including phenoxy) is 3. The third kappa shape index (κ3) is 4.35. The summed E-state index contributed by atoms with van der Waals surface area (Å²) in [4.78, 5) is 24.9. The second kappa shape index (κ2) is 9.55. The Labute approximate surface area is 182 Å². The summed E-state index contributed by atoms with van der Waals surface area (Å²) in [6.07, 6.45) is 2.97. The van der Waals surface area contributed by atoms with Gasteiger partial charge < -0.3 is 24.8 Å². The number of amides is 1. The average molecular weight is 424 g/mol. The maximum absolute atomic E-state index is 12.9. The number of rotatable bonds is 7. The smallest absolute Gasteiger partial charge is 0.217 e. The van der Waals surface area contributed by atoms with Gasteiger partial charge >= 0.3 is 0 Å². The van der Waals surface area contributed by atoms with E-state index < -0.39 is 0 Å². The van der Waals surface area contributed by atoms with Crippen LogP contribution in [-0.4, -0.2) is 33.8 Å². The van der Waals surface area contributed by atoms with Crippen molar-refractivity contribution in [1.29, 1.82) is 0 Å². The second-order valence-corrected chi connectivity index (χ2v) is 7.27. The number of benzene rings is 1. The van der Waals surface area contributed by atoms with Gasteiger partial charge in [-0.05, 0) is 47.7 Å². The molecule has 7 nitrogen and oxygen atoms in total. The van der Waals surface area contributed by atoms with Gasteiger partial charge in [0.05, 0.1) is 33.1 Å². The minimum atomic E-state index is -0.325. The molecule has 1 unspecified atom stereocenters. The molecule has 0 heterocycles. The first-order chi connectivity index (χ1) is 14.9. The Hall–Kier alpha value is -3.48. The Balaban J connectivity index is 2.37. The molecule has 164 valence electrons. The molecule has 7 heteroatoms. The van der Waals surface area contributed by atoms with Crippen LogP contribution in [0.5, 0.6) is 17.2 Å². The zero-order valence-electron chi connectivity index (χ0n) is 18.3. The Kier molecular flexibility index (Phi) is 6.84. The molecule has 0 aliphatic heterocycles. The Morgan fingerprint density at radius 2 is 1.90 bits per heavy atom. The first-order valence-electron chi connectivity index (χ1n) is 10.1. The average Bonchev–Trinajstić information content (AvgIpc) is 2.99. The predicted octanol–water partition coefficient (Wildman–Crippen LogP) is 3.46. The highest BCUT2D eigenvalue weighted by Crippen LogP contribution is 2.50. The number of anilines is 1. The predicted molar refractivity (Wildman–Crippen MR) is 121 cm³/mol. The molecule has 0 saturated heterocycles. The minimum Gasteiger partial charge on any atom is -0.493 e. The van der Waals surface area contributed by atoms with Crippen LogP contribution in [0.3, 0.4) is 0 Å². The topological polar surface area (TPSA) is 85.9 Å².